The molecule has 0 heterocycles. The fraction of sp³-hybridized carbons (Fsp3) is 0.286. The lowest BCUT2D eigenvalue weighted by Gasteiger charge is -2.11. The average Bonchev–Trinajstić information content (AvgIpc) is 2.29. The first kappa shape index (κ1) is 14.0. The summed E-state index contributed by atoms with van der Waals surface area (Å²) in [7, 11) is 0. The second kappa shape index (κ2) is 6.00. The molecule has 0 radical (unpaired) electrons. The number of aliphatic carboxylic acids is 1. The number of hydrogen-bond acceptors (Lipinski definition) is 2. The Kier molecular flexibility index (Phi) is 4.66. The third-order valence-corrected chi connectivity index (χ3v) is 2.56. The van der Waals surface area contributed by atoms with Crippen molar-refractivity contribution in [2.75, 3.05) is 5.32 Å². The number of carboxylic acid groups (broad SMARTS) is 1. The van der Waals surface area contributed by atoms with E-state index < -0.39 is 11.9 Å². The first-order valence-electron chi connectivity index (χ1n) is 5.72. The number of carbonyl (C=O) groups is 2. The Balaban J connectivity index is 2.86. The monoisotopic (exact) mass is 247 g/mol. The van der Waals surface area contributed by atoms with Gasteiger partial charge in [-0.1, -0.05) is 26.0 Å². The van der Waals surface area contributed by atoms with Crippen LogP contribution in [0.2, 0.25) is 0 Å². The minimum atomic E-state index is -1.14. The number of rotatable bonds is 4. The predicted octanol–water partition coefficient (Wildman–Crippen LogP) is 2.70. The van der Waals surface area contributed by atoms with Crippen LogP contribution in [-0.4, -0.2) is 17.0 Å². The summed E-state index contributed by atoms with van der Waals surface area (Å²) in [5.74, 6) is -1.21. The van der Waals surface area contributed by atoms with Gasteiger partial charge in [0.1, 0.15) is 0 Å². The average molecular weight is 247 g/mol. The molecule has 1 amide bonds. The first-order chi connectivity index (χ1) is 8.40. The van der Waals surface area contributed by atoms with Gasteiger partial charge in [0, 0.05) is 17.8 Å². The fourth-order valence-corrected chi connectivity index (χ4v) is 1.45. The van der Waals surface area contributed by atoms with Crippen molar-refractivity contribution in [2.24, 2.45) is 0 Å². The Morgan fingerprint density at radius 2 is 1.94 bits per heavy atom. The highest BCUT2D eigenvalue weighted by Crippen LogP contribution is 2.22. The maximum Gasteiger partial charge on any atom is 0.328 e. The van der Waals surface area contributed by atoms with E-state index in [1.165, 1.54) is 0 Å². The SMILES string of the molecule is Cc1ccc(C(C)C)cc1NC(=O)/C=C/C(=O)O. The van der Waals surface area contributed by atoms with Crippen molar-refractivity contribution in [2.45, 2.75) is 26.7 Å². The van der Waals surface area contributed by atoms with Crippen molar-refractivity contribution in [3.8, 4) is 0 Å². The third kappa shape index (κ3) is 4.05. The summed E-state index contributed by atoms with van der Waals surface area (Å²) in [4.78, 5) is 21.8. The van der Waals surface area contributed by atoms with Crippen molar-refractivity contribution >= 4 is 17.6 Å². The van der Waals surface area contributed by atoms with Crippen molar-refractivity contribution in [1.82, 2.24) is 0 Å². The minimum Gasteiger partial charge on any atom is -0.478 e. The smallest absolute Gasteiger partial charge is 0.328 e. The molecule has 0 aliphatic carbocycles. The molecule has 4 heteroatoms. The molecule has 1 rings (SSSR count). The van der Waals surface area contributed by atoms with Gasteiger partial charge in [0.2, 0.25) is 5.91 Å². The van der Waals surface area contributed by atoms with E-state index in [1.807, 2.05) is 25.1 Å². The van der Waals surface area contributed by atoms with Gasteiger partial charge in [-0.3, -0.25) is 4.79 Å². The number of benzene rings is 1. The maximum absolute atomic E-state index is 11.5. The fourth-order valence-electron chi connectivity index (χ4n) is 1.45. The van der Waals surface area contributed by atoms with Gasteiger partial charge in [0.15, 0.2) is 0 Å². The molecule has 0 saturated carbocycles. The molecule has 0 spiro atoms. The second-order valence-electron chi connectivity index (χ2n) is 4.39. The molecule has 1 aromatic rings. The van der Waals surface area contributed by atoms with E-state index in [-0.39, 0.29) is 0 Å². The molecule has 0 aromatic heterocycles. The maximum atomic E-state index is 11.5. The predicted molar refractivity (Wildman–Crippen MR) is 70.7 cm³/mol. The van der Waals surface area contributed by atoms with E-state index in [0.29, 0.717) is 11.6 Å². The van der Waals surface area contributed by atoms with Crippen LogP contribution in [0.1, 0.15) is 30.9 Å². The summed E-state index contributed by atoms with van der Waals surface area (Å²) in [6.45, 7) is 6.03. The highest BCUT2D eigenvalue weighted by atomic mass is 16.4. The summed E-state index contributed by atoms with van der Waals surface area (Å²) in [5, 5.41) is 11.1. The molecule has 1 aromatic carbocycles. The number of hydrogen-bond donors (Lipinski definition) is 2. The molecular formula is C14H17NO3. The number of amides is 1. The van der Waals surface area contributed by atoms with Crippen molar-refractivity contribution in [3.05, 3.63) is 41.5 Å². The van der Waals surface area contributed by atoms with Crippen molar-refractivity contribution in [3.63, 3.8) is 0 Å². The van der Waals surface area contributed by atoms with Gasteiger partial charge in [-0.2, -0.15) is 0 Å². The van der Waals surface area contributed by atoms with Gasteiger partial charge >= 0.3 is 5.97 Å². The summed E-state index contributed by atoms with van der Waals surface area (Å²) >= 11 is 0. The highest BCUT2D eigenvalue weighted by Gasteiger charge is 2.05. The Morgan fingerprint density at radius 3 is 2.50 bits per heavy atom. The zero-order valence-corrected chi connectivity index (χ0v) is 10.7. The summed E-state index contributed by atoms with van der Waals surface area (Å²) in [6.07, 6.45) is 1.82. The van der Waals surface area contributed by atoms with Crippen LogP contribution in [0.5, 0.6) is 0 Å². The zero-order valence-electron chi connectivity index (χ0n) is 10.7. The molecule has 0 saturated heterocycles. The largest absolute Gasteiger partial charge is 0.478 e. The van der Waals surface area contributed by atoms with Crippen LogP contribution in [0.25, 0.3) is 0 Å². The van der Waals surface area contributed by atoms with Crippen LogP contribution in [0.4, 0.5) is 5.69 Å². The molecule has 0 aliphatic rings. The molecular weight excluding hydrogens is 230 g/mol. The van der Waals surface area contributed by atoms with Crippen LogP contribution < -0.4 is 5.32 Å². The summed E-state index contributed by atoms with van der Waals surface area (Å²) < 4.78 is 0. The van der Waals surface area contributed by atoms with Crippen LogP contribution in [-0.2, 0) is 9.59 Å². The minimum absolute atomic E-state index is 0.371. The quantitative estimate of drug-likeness (QED) is 0.804. The Hall–Kier alpha value is -2.10. The molecule has 0 atom stereocenters. The highest BCUT2D eigenvalue weighted by molar-refractivity contribution is 6.02. The van der Waals surface area contributed by atoms with Gasteiger partial charge in [0.25, 0.3) is 0 Å². The third-order valence-electron chi connectivity index (χ3n) is 2.56. The molecule has 18 heavy (non-hydrogen) atoms. The molecule has 2 N–H and O–H groups in total. The van der Waals surface area contributed by atoms with Gasteiger partial charge in [-0.25, -0.2) is 4.79 Å². The Bertz CT molecular complexity index is 490. The number of anilines is 1. The molecule has 0 bridgehead atoms. The Labute approximate surface area is 106 Å². The van der Waals surface area contributed by atoms with E-state index in [0.717, 1.165) is 23.3 Å². The molecule has 0 aliphatic heterocycles. The second-order valence-corrected chi connectivity index (χ2v) is 4.39. The van der Waals surface area contributed by atoms with E-state index in [4.69, 9.17) is 5.11 Å². The lowest BCUT2D eigenvalue weighted by Crippen LogP contribution is -2.10. The van der Waals surface area contributed by atoms with Crippen molar-refractivity contribution in [1.29, 1.82) is 0 Å². The zero-order chi connectivity index (χ0) is 13.7. The number of carbonyl (C=O) groups excluding carboxylic acids is 1. The molecule has 4 nitrogen and oxygen atoms in total. The van der Waals surface area contributed by atoms with Gasteiger partial charge < -0.3 is 10.4 Å². The van der Waals surface area contributed by atoms with Crippen molar-refractivity contribution < 1.29 is 14.7 Å². The van der Waals surface area contributed by atoms with E-state index in [1.54, 1.807) is 0 Å². The van der Waals surface area contributed by atoms with E-state index in [2.05, 4.69) is 19.2 Å². The number of carboxylic acids is 1. The number of aryl methyl sites for hydroxylation is 1. The molecule has 96 valence electrons. The van der Waals surface area contributed by atoms with Crippen LogP contribution in [0.15, 0.2) is 30.4 Å². The van der Waals surface area contributed by atoms with Gasteiger partial charge in [-0.05, 0) is 30.0 Å². The van der Waals surface area contributed by atoms with Crippen LogP contribution in [0, 0.1) is 6.92 Å². The van der Waals surface area contributed by atoms with Gasteiger partial charge in [0.05, 0.1) is 0 Å². The Morgan fingerprint density at radius 1 is 1.28 bits per heavy atom. The van der Waals surface area contributed by atoms with E-state index >= 15 is 0 Å². The van der Waals surface area contributed by atoms with E-state index in [9.17, 15) is 9.59 Å². The first-order valence-corrected chi connectivity index (χ1v) is 5.72. The summed E-state index contributed by atoms with van der Waals surface area (Å²) in [6, 6.07) is 5.86. The van der Waals surface area contributed by atoms with Crippen LogP contribution >= 0.6 is 0 Å². The lowest BCUT2D eigenvalue weighted by atomic mass is 10.0. The van der Waals surface area contributed by atoms with Gasteiger partial charge in [-0.15, -0.1) is 0 Å². The summed E-state index contributed by atoms with van der Waals surface area (Å²) in [5.41, 5.74) is 2.77. The standard InChI is InChI=1S/C14H17NO3/c1-9(2)11-5-4-10(3)12(8-11)15-13(16)6-7-14(17)18/h4-9H,1-3H3,(H,15,16)(H,17,18)/b7-6+. The lowest BCUT2D eigenvalue weighted by molar-refractivity contribution is -0.131. The normalized spacial score (nSPS) is 10.9. The number of nitrogens with one attached hydrogen (secondary N) is 1. The van der Waals surface area contributed by atoms with Crippen LogP contribution in [0.3, 0.4) is 0 Å². The molecule has 0 unspecified atom stereocenters. The molecule has 0 fully saturated rings. The topological polar surface area (TPSA) is 66.4 Å².